The zero-order chi connectivity index (χ0) is 44.5. The van der Waals surface area contributed by atoms with E-state index >= 15 is 0 Å². The van der Waals surface area contributed by atoms with Crippen LogP contribution >= 0.6 is 0 Å². The standard InChI is InChI=1S/C18H30O2.C16H22O6.C16H26O3.6CH4/c1-5-17(3,4)16(19)20-18(6-2)14-8-12-7-13(10-14)11-15(18)9-12;1-4-16(2,3)15(19)20-7-11(17)21-12-8-5-9-10(6-8)14(18)22-13(9)12;1-4-14(2,3)13(17)19-16-8-11-5-12(9-16)7-15(18,6-11)10-16;;;;;;/h12-15H,5-11H2,1-4H3;8-10,12-13H,4-7H2,1-3H3;11-12,18H,4-10H2,1-3H3;6*1H4. The number of rotatable bonds is 12. The third-order valence-corrected chi connectivity index (χ3v) is 18.0. The molecule has 1 saturated heterocycles. The van der Waals surface area contributed by atoms with Gasteiger partial charge in [0, 0.05) is 18.3 Å². The minimum absolute atomic E-state index is 0. The molecule has 11 heteroatoms. The number of fused-ring (bicyclic) bond motifs is 1. The monoisotopic (exact) mass is 951 g/mol. The molecule has 392 valence electrons. The molecule has 0 aromatic heterocycles. The molecule has 7 atom stereocenters. The Kier molecular flexibility index (Phi) is 21.0. The minimum atomic E-state index is -0.610. The van der Waals surface area contributed by atoms with Crippen molar-refractivity contribution in [2.75, 3.05) is 6.61 Å². The lowest BCUT2D eigenvalue weighted by atomic mass is 9.49. The molecule has 11 nitrogen and oxygen atoms in total. The first-order valence-electron chi connectivity index (χ1n) is 24.3. The molecule has 0 amide bonds. The second kappa shape index (κ2) is 22.6. The van der Waals surface area contributed by atoms with Crippen LogP contribution < -0.4 is 0 Å². The van der Waals surface area contributed by atoms with Crippen molar-refractivity contribution >= 4 is 29.8 Å². The van der Waals surface area contributed by atoms with Gasteiger partial charge in [-0.2, -0.15) is 0 Å². The molecule has 0 aromatic rings. The third kappa shape index (κ3) is 12.1. The Hall–Kier alpha value is -2.69. The van der Waals surface area contributed by atoms with Crippen molar-refractivity contribution in [2.24, 2.45) is 69.5 Å². The number of ether oxygens (including phenoxy) is 5. The summed E-state index contributed by atoms with van der Waals surface area (Å²) >= 11 is 0. The van der Waals surface area contributed by atoms with E-state index in [1.165, 1.54) is 38.5 Å². The van der Waals surface area contributed by atoms with E-state index in [2.05, 4.69) is 13.8 Å². The molecular formula is C56H102O11. The van der Waals surface area contributed by atoms with Crippen molar-refractivity contribution in [2.45, 2.75) is 252 Å². The summed E-state index contributed by atoms with van der Waals surface area (Å²) in [6.07, 6.45) is 16.5. The maximum Gasteiger partial charge on any atom is 0.344 e. The van der Waals surface area contributed by atoms with E-state index < -0.39 is 28.4 Å². The van der Waals surface area contributed by atoms with Gasteiger partial charge in [0.25, 0.3) is 0 Å². The fraction of sp³-hybridized carbons (Fsp3) is 0.911. The molecule has 0 spiro atoms. The van der Waals surface area contributed by atoms with Gasteiger partial charge >= 0.3 is 29.8 Å². The van der Waals surface area contributed by atoms with Crippen molar-refractivity contribution < 1.29 is 52.8 Å². The van der Waals surface area contributed by atoms with Gasteiger partial charge < -0.3 is 28.8 Å². The number of hydrogen-bond acceptors (Lipinski definition) is 11. The summed E-state index contributed by atoms with van der Waals surface area (Å²) in [7, 11) is 0. The zero-order valence-electron chi connectivity index (χ0n) is 39.1. The predicted molar refractivity (Wildman–Crippen MR) is 268 cm³/mol. The minimum Gasteiger partial charge on any atom is -0.459 e. The Morgan fingerprint density at radius 3 is 1.55 bits per heavy atom. The van der Waals surface area contributed by atoms with E-state index in [0.29, 0.717) is 36.5 Å². The summed E-state index contributed by atoms with van der Waals surface area (Å²) in [5, 5.41) is 10.6. The fourth-order valence-electron chi connectivity index (χ4n) is 13.7. The molecule has 11 rings (SSSR count). The Morgan fingerprint density at radius 1 is 0.627 bits per heavy atom. The molecule has 0 radical (unpaired) electrons. The Bertz CT molecular complexity index is 1650. The molecule has 1 aliphatic heterocycles. The van der Waals surface area contributed by atoms with E-state index in [0.717, 1.165) is 69.6 Å². The molecule has 10 saturated carbocycles. The number of aliphatic hydroxyl groups is 1. The van der Waals surface area contributed by atoms with Crippen LogP contribution in [0.2, 0.25) is 0 Å². The van der Waals surface area contributed by atoms with Crippen molar-refractivity contribution in [3.05, 3.63) is 0 Å². The van der Waals surface area contributed by atoms with Crippen LogP contribution in [0.25, 0.3) is 0 Å². The van der Waals surface area contributed by atoms with Crippen molar-refractivity contribution in [3.8, 4) is 0 Å². The van der Waals surface area contributed by atoms with Gasteiger partial charge in [-0.15, -0.1) is 0 Å². The van der Waals surface area contributed by atoms with Crippen LogP contribution in [0.3, 0.4) is 0 Å². The van der Waals surface area contributed by atoms with Crippen LogP contribution in [-0.4, -0.2) is 70.6 Å². The van der Waals surface area contributed by atoms with Gasteiger partial charge in [0.05, 0.1) is 27.8 Å². The lowest BCUT2D eigenvalue weighted by Gasteiger charge is -2.60. The zero-order valence-corrected chi connectivity index (χ0v) is 39.1. The van der Waals surface area contributed by atoms with Crippen molar-refractivity contribution in [1.29, 1.82) is 0 Å². The van der Waals surface area contributed by atoms with Gasteiger partial charge in [-0.25, -0.2) is 4.79 Å². The molecule has 11 fully saturated rings. The van der Waals surface area contributed by atoms with Crippen LogP contribution in [0.15, 0.2) is 0 Å². The molecule has 1 N–H and O–H groups in total. The van der Waals surface area contributed by atoms with Crippen LogP contribution in [0.5, 0.6) is 0 Å². The van der Waals surface area contributed by atoms with E-state index in [4.69, 9.17) is 23.7 Å². The molecule has 67 heavy (non-hydrogen) atoms. The van der Waals surface area contributed by atoms with Crippen LogP contribution in [0, 0.1) is 69.5 Å². The Morgan fingerprint density at radius 2 is 1.09 bits per heavy atom. The SMILES string of the molecule is C.C.C.C.C.C.CCC(C)(C)C(=O)OC1(CC)C2CC3CC(C2)CC1C3.CCC(C)(C)C(=O)OC12CC3CC(CC(O)(C3)C1)C2.CCC(C)(C)C(=O)OCC(=O)OC1C2CC3C(=O)OC1C3C2. The first-order chi connectivity index (χ1) is 28.5. The lowest BCUT2D eigenvalue weighted by molar-refractivity contribution is -0.225. The number of hydrogen-bond donors (Lipinski definition) is 1. The van der Waals surface area contributed by atoms with Crippen molar-refractivity contribution in [1.82, 2.24) is 0 Å². The molecule has 1 heterocycles. The van der Waals surface area contributed by atoms with Gasteiger partial charge in [0.2, 0.25) is 0 Å². The predicted octanol–water partition coefficient (Wildman–Crippen LogP) is 12.9. The highest BCUT2D eigenvalue weighted by molar-refractivity contribution is 5.80. The van der Waals surface area contributed by atoms with E-state index in [1.807, 2.05) is 41.5 Å². The highest BCUT2D eigenvalue weighted by Gasteiger charge is 2.64. The topological polar surface area (TPSA) is 152 Å². The van der Waals surface area contributed by atoms with Gasteiger partial charge in [-0.3, -0.25) is 19.2 Å². The molecule has 11 aliphatic rings. The summed E-state index contributed by atoms with van der Waals surface area (Å²) in [4.78, 5) is 60.4. The molecular weight excluding hydrogens is 849 g/mol. The summed E-state index contributed by atoms with van der Waals surface area (Å²) in [6.45, 7) is 19.3. The van der Waals surface area contributed by atoms with Crippen LogP contribution in [-0.2, 0) is 47.7 Å². The van der Waals surface area contributed by atoms with Gasteiger partial charge in [-0.1, -0.05) is 72.3 Å². The highest BCUT2D eigenvalue weighted by atomic mass is 16.6. The number of carbonyl (C=O) groups is 5. The smallest absolute Gasteiger partial charge is 0.344 e. The first-order valence-corrected chi connectivity index (χ1v) is 24.3. The third-order valence-electron chi connectivity index (χ3n) is 18.0. The quantitative estimate of drug-likeness (QED) is 0.147. The van der Waals surface area contributed by atoms with Crippen LogP contribution in [0.4, 0.5) is 0 Å². The van der Waals surface area contributed by atoms with E-state index in [9.17, 15) is 29.1 Å². The fourth-order valence-corrected chi connectivity index (χ4v) is 13.7. The summed E-state index contributed by atoms with van der Waals surface area (Å²) in [5.41, 5.74) is -2.40. The Labute approximate surface area is 409 Å². The average Bonchev–Trinajstić information content (AvgIpc) is 3.83. The largest absolute Gasteiger partial charge is 0.459 e. The van der Waals surface area contributed by atoms with Gasteiger partial charge in [-0.05, 0) is 180 Å². The number of esters is 5. The summed E-state index contributed by atoms with van der Waals surface area (Å²) < 4.78 is 28.0. The Balaban J connectivity index is 0.000000482. The molecule has 7 unspecified atom stereocenters. The van der Waals surface area contributed by atoms with Crippen molar-refractivity contribution in [3.63, 3.8) is 0 Å². The lowest BCUT2D eigenvalue weighted by Crippen LogP contribution is -2.61. The number of carbonyl (C=O) groups excluding carboxylic acids is 5. The second-order valence-electron chi connectivity index (χ2n) is 23.4. The first kappa shape index (κ1) is 62.3. The van der Waals surface area contributed by atoms with Gasteiger partial charge in [0.1, 0.15) is 23.4 Å². The maximum atomic E-state index is 12.6. The molecule has 10 bridgehead atoms. The summed E-state index contributed by atoms with van der Waals surface area (Å²) in [5.74, 6) is 3.44. The second-order valence-corrected chi connectivity index (χ2v) is 23.4. The normalized spacial score (nSPS) is 37.0. The van der Waals surface area contributed by atoms with E-state index in [-0.39, 0.29) is 116 Å². The molecule has 0 aromatic carbocycles. The van der Waals surface area contributed by atoms with Crippen LogP contribution in [0.1, 0.15) is 223 Å². The summed E-state index contributed by atoms with van der Waals surface area (Å²) in [6, 6.07) is 0. The molecule has 10 aliphatic carbocycles. The average molecular weight is 951 g/mol. The van der Waals surface area contributed by atoms with Gasteiger partial charge in [0.15, 0.2) is 6.61 Å². The highest BCUT2D eigenvalue weighted by Crippen LogP contribution is 2.62. The maximum absolute atomic E-state index is 12.6. The van der Waals surface area contributed by atoms with E-state index in [1.54, 1.807) is 13.8 Å².